The molecule has 11 heteroatoms. The quantitative estimate of drug-likeness (QED) is 0.363. The lowest BCUT2D eigenvalue weighted by Gasteiger charge is -2.08. The van der Waals surface area contributed by atoms with Crippen molar-refractivity contribution in [2.45, 2.75) is 13.5 Å². The molecule has 0 bridgehead atoms. The molecule has 1 aromatic heterocycles. The molecule has 0 unspecified atom stereocenters. The highest BCUT2D eigenvalue weighted by Crippen LogP contribution is 2.34. The van der Waals surface area contributed by atoms with Crippen molar-refractivity contribution in [3.8, 4) is 17.1 Å². The Hall–Kier alpha value is -2.39. The first-order valence-electron chi connectivity index (χ1n) is 7.70. The van der Waals surface area contributed by atoms with Crippen molar-refractivity contribution >= 4 is 35.2 Å². The van der Waals surface area contributed by atoms with Gasteiger partial charge in [0.1, 0.15) is 17.8 Å². The van der Waals surface area contributed by atoms with Crippen LogP contribution >= 0.6 is 23.2 Å². The fraction of sp³-hybridized carbons (Fsp3) is 0.294. The number of nitrogens with zero attached hydrogens (tertiary/aromatic N) is 3. The SMILES string of the molecule is CO/N=C(OC)\C(Cl)=C/c1cc(-c2nn(C)c(OC(F)F)c2F)c(C)cc1Cl. The summed E-state index contributed by atoms with van der Waals surface area (Å²) in [7, 11) is 3.96. The van der Waals surface area contributed by atoms with Gasteiger partial charge in [0.05, 0.1) is 7.11 Å². The van der Waals surface area contributed by atoms with E-state index < -0.39 is 18.3 Å². The molecule has 0 amide bonds. The van der Waals surface area contributed by atoms with Crippen LogP contribution in [0.1, 0.15) is 11.1 Å². The first-order chi connectivity index (χ1) is 13.2. The summed E-state index contributed by atoms with van der Waals surface area (Å²) >= 11 is 12.4. The number of rotatable bonds is 6. The Morgan fingerprint density at radius 2 is 2.00 bits per heavy atom. The van der Waals surface area contributed by atoms with Gasteiger partial charge < -0.3 is 14.3 Å². The Kier molecular flexibility index (Phi) is 7.20. The number of aryl methyl sites for hydroxylation is 2. The summed E-state index contributed by atoms with van der Waals surface area (Å²) in [5.41, 5.74) is 1.11. The predicted molar refractivity (Wildman–Crippen MR) is 100 cm³/mol. The molecule has 0 fully saturated rings. The Bertz CT molecular complexity index is 930. The van der Waals surface area contributed by atoms with Gasteiger partial charge in [-0.2, -0.15) is 18.3 Å². The van der Waals surface area contributed by atoms with Crippen LogP contribution in [0.5, 0.6) is 5.88 Å². The maximum Gasteiger partial charge on any atom is 0.388 e. The maximum atomic E-state index is 14.6. The summed E-state index contributed by atoms with van der Waals surface area (Å²) in [6, 6.07) is 3.08. The summed E-state index contributed by atoms with van der Waals surface area (Å²) in [6.07, 6.45) is 1.44. The summed E-state index contributed by atoms with van der Waals surface area (Å²) < 4.78 is 49.7. The number of hydrogen-bond acceptors (Lipinski definition) is 5. The van der Waals surface area contributed by atoms with Crippen LogP contribution in [0.4, 0.5) is 13.2 Å². The molecule has 0 aliphatic rings. The molecular weight excluding hydrogens is 422 g/mol. The van der Waals surface area contributed by atoms with Crippen molar-refractivity contribution < 1.29 is 27.5 Å². The largest absolute Gasteiger partial charge is 0.478 e. The fourth-order valence-corrected chi connectivity index (χ4v) is 2.88. The Morgan fingerprint density at radius 1 is 1.32 bits per heavy atom. The van der Waals surface area contributed by atoms with Crippen LogP contribution in [0.2, 0.25) is 5.02 Å². The zero-order valence-electron chi connectivity index (χ0n) is 15.3. The minimum absolute atomic E-state index is 0.000931. The van der Waals surface area contributed by atoms with E-state index in [2.05, 4.69) is 19.8 Å². The van der Waals surface area contributed by atoms with E-state index in [1.807, 2.05) is 0 Å². The zero-order chi connectivity index (χ0) is 21.0. The highest BCUT2D eigenvalue weighted by atomic mass is 35.5. The summed E-state index contributed by atoms with van der Waals surface area (Å²) in [6.45, 7) is -1.51. The molecule has 1 heterocycles. The van der Waals surface area contributed by atoms with Crippen molar-refractivity contribution in [3.05, 3.63) is 39.1 Å². The molecule has 0 aliphatic carbocycles. The molecule has 6 nitrogen and oxygen atoms in total. The average Bonchev–Trinajstić information content (AvgIpc) is 2.89. The monoisotopic (exact) mass is 437 g/mol. The molecule has 0 atom stereocenters. The van der Waals surface area contributed by atoms with Gasteiger partial charge >= 0.3 is 6.61 Å². The first kappa shape index (κ1) is 21.9. The number of benzene rings is 1. The van der Waals surface area contributed by atoms with Crippen molar-refractivity contribution in [1.82, 2.24) is 9.78 Å². The van der Waals surface area contributed by atoms with Gasteiger partial charge in [0.25, 0.3) is 11.8 Å². The maximum absolute atomic E-state index is 14.6. The minimum atomic E-state index is -3.19. The number of aromatic nitrogens is 2. The minimum Gasteiger partial charge on any atom is -0.478 e. The fourth-order valence-electron chi connectivity index (χ4n) is 2.38. The second-order valence-corrected chi connectivity index (χ2v) is 6.25. The number of halogens is 5. The number of oxime groups is 1. The van der Waals surface area contributed by atoms with Crippen LogP contribution in [0.3, 0.4) is 0 Å². The predicted octanol–water partition coefficient (Wildman–Crippen LogP) is 4.98. The van der Waals surface area contributed by atoms with Crippen molar-refractivity contribution in [3.63, 3.8) is 0 Å². The molecule has 152 valence electrons. The Balaban J connectivity index is 2.57. The molecule has 0 saturated heterocycles. The van der Waals surface area contributed by atoms with Gasteiger partial charge in [-0.15, -0.1) is 0 Å². The van der Waals surface area contributed by atoms with E-state index in [1.165, 1.54) is 33.4 Å². The lowest BCUT2D eigenvalue weighted by Crippen LogP contribution is -2.07. The molecule has 28 heavy (non-hydrogen) atoms. The lowest BCUT2D eigenvalue weighted by molar-refractivity contribution is -0.0576. The van der Waals surface area contributed by atoms with Crippen LogP contribution in [0.25, 0.3) is 17.3 Å². The van der Waals surface area contributed by atoms with E-state index >= 15 is 0 Å². The highest BCUT2D eigenvalue weighted by Gasteiger charge is 2.23. The van der Waals surface area contributed by atoms with Gasteiger partial charge in [-0.05, 0) is 41.4 Å². The van der Waals surface area contributed by atoms with Crippen molar-refractivity contribution in [2.75, 3.05) is 14.2 Å². The topological polar surface area (TPSA) is 57.9 Å². The van der Waals surface area contributed by atoms with Gasteiger partial charge in [-0.1, -0.05) is 23.2 Å². The number of hydrogen-bond donors (Lipinski definition) is 0. The van der Waals surface area contributed by atoms with Gasteiger partial charge in [0.2, 0.25) is 5.82 Å². The molecule has 0 spiro atoms. The summed E-state index contributed by atoms with van der Waals surface area (Å²) in [4.78, 5) is 4.63. The summed E-state index contributed by atoms with van der Waals surface area (Å²) in [5, 5.41) is 7.94. The average molecular weight is 438 g/mol. The van der Waals surface area contributed by atoms with Crippen molar-refractivity contribution in [2.24, 2.45) is 12.2 Å². The van der Waals surface area contributed by atoms with E-state index in [9.17, 15) is 13.2 Å². The Labute approximate surface area is 169 Å². The third-order valence-electron chi connectivity index (χ3n) is 3.59. The van der Waals surface area contributed by atoms with Gasteiger partial charge in [-0.25, -0.2) is 4.68 Å². The van der Waals surface area contributed by atoms with Gasteiger partial charge in [0, 0.05) is 17.6 Å². The van der Waals surface area contributed by atoms with E-state index in [4.69, 9.17) is 27.9 Å². The zero-order valence-corrected chi connectivity index (χ0v) is 16.8. The molecule has 0 aliphatic heterocycles. The number of ether oxygens (including phenoxy) is 2. The molecular formula is C17H16Cl2F3N3O3. The third kappa shape index (κ3) is 4.71. The molecule has 2 rings (SSSR count). The van der Waals surface area contributed by atoms with Crippen LogP contribution < -0.4 is 4.74 Å². The van der Waals surface area contributed by atoms with Crippen molar-refractivity contribution in [1.29, 1.82) is 0 Å². The third-order valence-corrected chi connectivity index (χ3v) is 4.19. The summed E-state index contributed by atoms with van der Waals surface area (Å²) in [5.74, 6) is -1.70. The smallest absolute Gasteiger partial charge is 0.388 e. The van der Waals surface area contributed by atoms with E-state index in [0.717, 1.165) is 4.68 Å². The van der Waals surface area contributed by atoms with Gasteiger partial charge in [-0.3, -0.25) is 0 Å². The number of methoxy groups -OCH3 is 1. The normalized spacial score (nSPS) is 12.5. The van der Waals surface area contributed by atoms with Crippen LogP contribution in [0, 0.1) is 12.7 Å². The van der Waals surface area contributed by atoms with Crippen LogP contribution in [-0.2, 0) is 16.6 Å². The Morgan fingerprint density at radius 3 is 2.57 bits per heavy atom. The van der Waals surface area contributed by atoms with E-state index in [1.54, 1.807) is 13.0 Å². The first-order valence-corrected chi connectivity index (χ1v) is 8.45. The molecule has 0 N–H and O–H groups in total. The molecule has 0 saturated carbocycles. The molecule has 1 aromatic carbocycles. The van der Waals surface area contributed by atoms with Gasteiger partial charge in [0.15, 0.2) is 0 Å². The van der Waals surface area contributed by atoms with E-state index in [-0.39, 0.29) is 16.6 Å². The highest BCUT2D eigenvalue weighted by molar-refractivity contribution is 6.44. The second kappa shape index (κ2) is 9.20. The standard InChI is InChI=1S/C17H16Cl2F3N3O3/c1-8-5-11(18)9(7-12(19)15(26-3)24-27-4)6-10(8)14-13(20)16(25(2)23-14)28-17(21)22/h5-7,17H,1-4H3/b12-7+,24-15+. The van der Waals surface area contributed by atoms with Crippen LogP contribution in [-0.4, -0.2) is 36.5 Å². The molecule has 0 radical (unpaired) electrons. The second-order valence-electron chi connectivity index (χ2n) is 5.43. The van der Waals surface area contributed by atoms with Crippen LogP contribution in [0.15, 0.2) is 22.3 Å². The molecule has 2 aromatic rings. The van der Waals surface area contributed by atoms with E-state index in [0.29, 0.717) is 21.7 Å². The lowest BCUT2D eigenvalue weighted by atomic mass is 10.0. The number of alkyl halides is 2.